The largest absolute Gasteiger partial charge is 0.491 e. The van der Waals surface area contributed by atoms with Gasteiger partial charge in [0.15, 0.2) is 0 Å². The molecule has 1 aromatic carbocycles. The first-order chi connectivity index (χ1) is 11.2. The number of ether oxygens (including phenoxy) is 1. The Bertz CT molecular complexity index is 743. The number of halogens is 3. The van der Waals surface area contributed by atoms with Crippen LogP contribution in [-0.4, -0.2) is 27.9 Å². The van der Waals surface area contributed by atoms with Crippen LogP contribution in [0.15, 0.2) is 24.3 Å². The fraction of sp³-hybridized carbons (Fsp3) is 0.357. The molecule has 0 unspecified atom stereocenters. The van der Waals surface area contributed by atoms with E-state index in [9.17, 15) is 23.3 Å². The first-order valence-corrected chi connectivity index (χ1v) is 6.92. The average Bonchev–Trinajstić information content (AvgIpc) is 2.77. The van der Waals surface area contributed by atoms with E-state index in [0.29, 0.717) is 0 Å². The second-order valence-electron chi connectivity index (χ2n) is 4.93. The third kappa shape index (κ3) is 3.76. The van der Waals surface area contributed by atoms with Gasteiger partial charge < -0.3 is 10.1 Å². The van der Waals surface area contributed by atoms with E-state index in [2.05, 4.69) is 10.4 Å². The SMILES string of the molecule is Cc1nn(C)c(NCCOc2ccccc2C(F)(F)F)c1[N+](=O)[O-]. The molecule has 0 amide bonds. The quantitative estimate of drug-likeness (QED) is 0.494. The van der Waals surface area contributed by atoms with Crippen molar-refractivity contribution >= 4 is 11.5 Å². The number of hydrogen-bond acceptors (Lipinski definition) is 5. The molecule has 24 heavy (non-hydrogen) atoms. The first kappa shape index (κ1) is 17.6. The van der Waals surface area contributed by atoms with Crippen molar-refractivity contribution < 1.29 is 22.8 Å². The molecule has 0 aliphatic heterocycles. The van der Waals surface area contributed by atoms with Crippen LogP contribution in [0, 0.1) is 17.0 Å². The van der Waals surface area contributed by atoms with Crippen molar-refractivity contribution in [3.05, 3.63) is 45.6 Å². The summed E-state index contributed by atoms with van der Waals surface area (Å²) in [7, 11) is 1.53. The van der Waals surface area contributed by atoms with Crippen molar-refractivity contribution in [3.63, 3.8) is 0 Å². The predicted molar refractivity (Wildman–Crippen MR) is 80.0 cm³/mol. The van der Waals surface area contributed by atoms with Gasteiger partial charge in [0.05, 0.1) is 17.0 Å². The minimum Gasteiger partial charge on any atom is -0.491 e. The summed E-state index contributed by atoms with van der Waals surface area (Å²) in [5.74, 6) is -0.118. The number of aryl methyl sites for hydroxylation is 2. The normalized spacial score (nSPS) is 11.4. The third-order valence-corrected chi connectivity index (χ3v) is 3.22. The van der Waals surface area contributed by atoms with E-state index in [1.807, 2.05) is 0 Å². The Morgan fingerprint density at radius 3 is 2.67 bits per heavy atom. The van der Waals surface area contributed by atoms with E-state index >= 15 is 0 Å². The summed E-state index contributed by atoms with van der Waals surface area (Å²) >= 11 is 0. The molecule has 1 N–H and O–H groups in total. The van der Waals surface area contributed by atoms with Gasteiger partial charge in [-0.1, -0.05) is 12.1 Å². The summed E-state index contributed by atoms with van der Waals surface area (Å²) < 4.78 is 45.0. The molecule has 0 saturated heterocycles. The van der Waals surface area contributed by atoms with E-state index in [1.165, 1.54) is 36.9 Å². The molecule has 1 heterocycles. The fourth-order valence-electron chi connectivity index (χ4n) is 2.22. The van der Waals surface area contributed by atoms with Crippen molar-refractivity contribution in [3.8, 4) is 5.75 Å². The second kappa shape index (κ2) is 6.77. The van der Waals surface area contributed by atoms with Crippen molar-refractivity contribution in [2.24, 2.45) is 7.05 Å². The average molecular weight is 344 g/mol. The van der Waals surface area contributed by atoms with Gasteiger partial charge in [-0.15, -0.1) is 0 Å². The number of hydrogen-bond donors (Lipinski definition) is 1. The number of benzene rings is 1. The van der Waals surface area contributed by atoms with Crippen molar-refractivity contribution in [2.45, 2.75) is 13.1 Å². The van der Waals surface area contributed by atoms with Gasteiger partial charge in [-0.25, -0.2) is 4.68 Å². The summed E-state index contributed by atoms with van der Waals surface area (Å²) in [5, 5.41) is 17.7. The minimum atomic E-state index is -4.51. The van der Waals surface area contributed by atoms with Crippen LogP contribution in [0.2, 0.25) is 0 Å². The van der Waals surface area contributed by atoms with Crippen LogP contribution in [-0.2, 0) is 13.2 Å². The zero-order chi connectivity index (χ0) is 17.9. The van der Waals surface area contributed by atoms with Crippen LogP contribution in [0.4, 0.5) is 24.7 Å². The Balaban J connectivity index is 2.02. The molecule has 0 fully saturated rings. The number of anilines is 1. The number of aromatic nitrogens is 2. The predicted octanol–water partition coefficient (Wildman–Crippen LogP) is 3.15. The number of para-hydroxylation sites is 1. The van der Waals surface area contributed by atoms with E-state index in [-0.39, 0.29) is 36.1 Å². The molecular weight excluding hydrogens is 329 g/mol. The maximum atomic E-state index is 12.8. The van der Waals surface area contributed by atoms with Gasteiger partial charge in [0.2, 0.25) is 5.82 Å². The Labute approximate surface area is 135 Å². The highest BCUT2D eigenvalue weighted by molar-refractivity contribution is 5.59. The highest BCUT2D eigenvalue weighted by atomic mass is 19.4. The Hall–Kier alpha value is -2.78. The van der Waals surface area contributed by atoms with Gasteiger partial charge in [0.1, 0.15) is 18.1 Å². The van der Waals surface area contributed by atoms with Crippen LogP contribution in [0.5, 0.6) is 5.75 Å². The Morgan fingerprint density at radius 1 is 1.38 bits per heavy atom. The first-order valence-electron chi connectivity index (χ1n) is 6.92. The lowest BCUT2D eigenvalue weighted by atomic mass is 10.2. The van der Waals surface area contributed by atoms with E-state index < -0.39 is 16.7 Å². The van der Waals surface area contributed by atoms with Gasteiger partial charge in [-0.3, -0.25) is 10.1 Å². The molecule has 0 spiro atoms. The fourth-order valence-corrected chi connectivity index (χ4v) is 2.22. The highest BCUT2D eigenvalue weighted by Crippen LogP contribution is 2.35. The zero-order valence-electron chi connectivity index (χ0n) is 12.9. The van der Waals surface area contributed by atoms with Crippen LogP contribution < -0.4 is 10.1 Å². The summed E-state index contributed by atoms with van der Waals surface area (Å²) in [6, 6.07) is 4.86. The van der Waals surface area contributed by atoms with Crippen LogP contribution >= 0.6 is 0 Å². The summed E-state index contributed by atoms with van der Waals surface area (Å²) in [5.41, 5.74) is -0.797. The highest BCUT2D eigenvalue weighted by Gasteiger charge is 2.34. The third-order valence-electron chi connectivity index (χ3n) is 3.22. The summed E-state index contributed by atoms with van der Waals surface area (Å²) in [6.07, 6.45) is -4.51. The van der Waals surface area contributed by atoms with E-state index in [4.69, 9.17) is 4.74 Å². The molecule has 0 aliphatic carbocycles. The van der Waals surface area contributed by atoms with Crippen LogP contribution in [0.3, 0.4) is 0 Å². The molecule has 0 radical (unpaired) electrons. The number of nitrogens with zero attached hydrogens (tertiary/aromatic N) is 3. The minimum absolute atomic E-state index is 0.0754. The van der Waals surface area contributed by atoms with Crippen molar-refractivity contribution in [1.82, 2.24) is 9.78 Å². The zero-order valence-corrected chi connectivity index (χ0v) is 12.9. The van der Waals surface area contributed by atoms with Gasteiger partial charge in [-0.05, 0) is 19.1 Å². The maximum Gasteiger partial charge on any atom is 0.419 e. The molecule has 2 aromatic rings. The smallest absolute Gasteiger partial charge is 0.419 e. The van der Waals surface area contributed by atoms with Crippen LogP contribution in [0.1, 0.15) is 11.3 Å². The lowest BCUT2D eigenvalue weighted by Crippen LogP contribution is -2.16. The molecule has 2 rings (SSSR count). The number of rotatable bonds is 6. The number of alkyl halides is 3. The van der Waals surface area contributed by atoms with Gasteiger partial charge in [0, 0.05) is 7.05 Å². The Kier molecular flexibility index (Phi) is 4.96. The number of nitrogens with one attached hydrogen (secondary N) is 1. The molecule has 130 valence electrons. The molecule has 1 aromatic heterocycles. The van der Waals surface area contributed by atoms with Crippen molar-refractivity contribution in [2.75, 3.05) is 18.5 Å². The standard InChI is InChI=1S/C14H15F3N4O3/c1-9-12(21(22)23)13(20(2)19-9)18-7-8-24-11-6-4-3-5-10(11)14(15,16)17/h3-6,18H,7-8H2,1-2H3. The molecule has 7 nitrogen and oxygen atoms in total. The Morgan fingerprint density at radius 2 is 2.04 bits per heavy atom. The molecular formula is C14H15F3N4O3. The monoisotopic (exact) mass is 344 g/mol. The number of nitro groups is 1. The van der Waals surface area contributed by atoms with Gasteiger partial charge in [0.25, 0.3) is 0 Å². The molecule has 10 heteroatoms. The van der Waals surface area contributed by atoms with Gasteiger partial charge >= 0.3 is 11.9 Å². The lowest BCUT2D eigenvalue weighted by molar-refractivity contribution is -0.384. The molecule has 0 atom stereocenters. The van der Waals surface area contributed by atoms with Crippen LogP contribution in [0.25, 0.3) is 0 Å². The van der Waals surface area contributed by atoms with Crippen molar-refractivity contribution in [1.29, 1.82) is 0 Å². The second-order valence-corrected chi connectivity index (χ2v) is 4.93. The van der Waals surface area contributed by atoms with E-state index in [1.54, 1.807) is 0 Å². The molecule has 0 bridgehead atoms. The molecule has 0 saturated carbocycles. The molecule has 0 aliphatic rings. The lowest BCUT2D eigenvalue weighted by Gasteiger charge is -2.14. The summed E-state index contributed by atoms with van der Waals surface area (Å²) in [4.78, 5) is 10.5. The van der Waals surface area contributed by atoms with Gasteiger partial charge in [-0.2, -0.15) is 18.3 Å². The summed E-state index contributed by atoms with van der Waals surface area (Å²) in [6.45, 7) is 1.47. The van der Waals surface area contributed by atoms with E-state index in [0.717, 1.165) is 6.07 Å². The topological polar surface area (TPSA) is 82.2 Å². The maximum absolute atomic E-state index is 12.8.